The number of halogens is 1. The van der Waals surface area contributed by atoms with Gasteiger partial charge in [0.25, 0.3) is 0 Å². The zero-order valence-electron chi connectivity index (χ0n) is 10.4. The molecular formula is C13H15ClN2O2. The van der Waals surface area contributed by atoms with Gasteiger partial charge in [0.05, 0.1) is 37.2 Å². The summed E-state index contributed by atoms with van der Waals surface area (Å²) in [5, 5.41) is 7.44. The van der Waals surface area contributed by atoms with Crippen LogP contribution in [0.25, 0.3) is 0 Å². The smallest absolute Gasteiger partial charge is 0.137 e. The molecule has 0 aliphatic carbocycles. The van der Waals surface area contributed by atoms with Crippen LogP contribution in [0, 0.1) is 6.92 Å². The minimum absolute atomic E-state index is 0.439. The first kappa shape index (κ1) is 12.9. The van der Waals surface area contributed by atoms with E-state index >= 15 is 0 Å². The molecule has 18 heavy (non-hydrogen) atoms. The second-order valence-corrected chi connectivity index (χ2v) is 4.34. The van der Waals surface area contributed by atoms with Gasteiger partial charge in [-0.2, -0.15) is 5.10 Å². The van der Waals surface area contributed by atoms with Crippen molar-refractivity contribution in [2.24, 2.45) is 0 Å². The minimum Gasteiger partial charge on any atom is -0.495 e. The lowest BCUT2D eigenvalue weighted by atomic mass is 10.2. The van der Waals surface area contributed by atoms with Crippen LogP contribution in [-0.4, -0.2) is 17.3 Å². The van der Waals surface area contributed by atoms with Crippen LogP contribution >= 0.6 is 11.6 Å². The number of H-pyrrole nitrogens is 1. The molecule has 4 nitrogen and oxygen atoms in total. The summed E-state index contributed by atoms with van der Waals surface area (Å²) in [5.41, 5.74) is 2.98. The third-order valence-electron chi connectivity index (χ3n) is 2.70. The highest BCUT2D eigenvalue weighted by molar-refractivity contribution is 6.32. The molecule has 2 aromatic rings. The molecule has 0 saturated heterocycles. The van der Waals surface area contributed by atoms with Crippen LogP contribution in [0.3, 0.4) is 0 Å². The number of benzene rings is 1. The fraction of sp³-hybridized carbons (Fsp3) is 0.308. The third kappa shape index (κ3) is 2.83. The van der Waals surface area contributed by atoms with E-state index < -0.39 is 0 Å². The SMILES string of the molecule is COc1cccc(COCc2[nH]ncc2C)c1Cl. The number of rotatable bonds is 5. The molecule has 96 valence electrons. The van der Waals surface area contributed by atoms with Crippen molar-refractivity contribution in [1.82, 2.24) is 10.2 Å². The molecule has 2 rings (SSSR count). The number of nitrogens with one attached hydrogen (secondary N) is 1. The van der Waals surface area contributed by atoms with E-state index in [2.05, 4.69) is 10.2 Å². The Morgan fingerprint density at radius 2 is 2.17 bits per heavy atom. The van der Waals surface area contributed by atoms with Gasteiger partial charge in [0.1, 0.15) is 5.75 Å². The van der Waals surface area contributed by atoms with Crippen molar-refractivity contribution in [3.05, 3.63) is 46.2 Å². The van der Waals surface area contributed by atoms with Gasteiger partial charge in [-0.15, -0.1) is 0 Å². The molecule has 0 amide bonds. The van der Waals surface area contributed by atoms with Crippen LogP contribution in [0.2, 0.25) is 5.02 Å². The van der Waals surface area contributed by atoms with E-state index in [1.807, 2.05) is 25.1 Å². The summed E-state index contributed by atoms with van der Waals surface area (Å²) in [5.74, 6) is 0.662. The lowest BCUT2D eigenvalue weighted by molar-refractivity contribution is 0.104. The summed E-state index contributed by atoms with van der Waals surface area (Å²) >= 11 is 6.18. The molecule has 1 aromatic carbocycles. The largest absolute Gasteiger partial charge is 0.495 e. The maximum absolute atomic E-state index is 6.18. The normalized spacial score (nSPS) is 10.6. The fourth-order valence-electron chi connectivity index (χ4n) is 1.61. The minimum atomic E-state index is 0.439. The van der Waals surface area contributed by atoms with Gasteiger partial charge in [0, 0.05) is 5.56 Å². The molecule has 0 aliphatic heterocycles. The van der Waals surface area contributed by atoms with Gasteiger partial charge in [-0.1, -0.05) is 23.7 Å². The summed E-state index contributed by atoms with van der Waals surface area (Å²) in [7, 11) is 1.60. The molecule has 1 N–H and O–H groups in total. The summed E-state index contributed by atoms with van der Waals surface area (Å²) in [6.07, 6.45) is 1.78. The number of aromatic amines is 1. The van der Waals surface area contributed by atoms with Crippen molar-refractivity contribution >= 4 is 11.6 Å². The summed E-state index contributed by atoms with van der Waals surface area (Å²) in [6, 6.07) is 5.64. The average Bonchev–Trinajstić information content (AvgIpc) is 2.77. The molecule has 0 atom stereocenters. The van der Waals surface area contributed by atoms with Crippen molar-refractivity contribution in [3.63, 3.8) is 0 Å². The zero-order valence-corrected chi connectivity index (χ0v) is 11.1. The van der Waals surface area contributed by atoms with Gasteiger partial charge in [0.15, 0.2) is 0 Å². The number of aryl methyl sites for hydroxylation is 1. The first-order valence-corrected chi connectivity index (χ1v) is 5.98. The van der Waals surface area contributed by atoms with Crippen LogP contribution in [0.5, 0.6) is 5.75 Å². The van der Waals surface area contributed by atoms with Gasteiger partial charge in [-0.25, -0.2) is 0 Å². The fourth-order valence-corrected chi connectivity index (χ4v) is 1.87. The second-order valence-electron chi connectivity index (χ2n) is 3.96. The molecule has 0 saturated carbocycles. The second kappa shape index (κ2) is 5.89. The van der Waals surface area contributed by atoms with Crippen LogP contribution in [-0.2, 0) is 18.0 Å². The number of hydrogen-bond donors (Lipinski definition) is 1. The first-order chi connectivity index (χ1) is 8.72. The molecule has 0 spiro atoms. The zero-order chi connectivity index (χ0) is 13.0. The molecule has 0 radical (unpaired) electrons. The number of hydrogen-bond acceptors (Lipinski definition) is 3. The lowest BCUT2D eigenvalue weighted by Crippen LogP contribution is -1.97. The van der Waals surface area contributed by atoms with Gasteiger partial charge in [-0.05, 0) is 18.6 Å². The number of aromatic nitrogens is 2. The maximum atomic E-state index is 6.18. The molecule has 5 heteroatoms. The molecular weight excluding hydrogens is 252 g/mol. The molecule has 1 heterocycles. The molecule has 0 unspecified atom stereocenters. The summed E-state index contributed by atoms with van der Waals surface area (Å²) in [6.45, 7) is 2.91. The predicted octanol–water partition coefficient (Wildman–Crippen LogP) is 3.10. The number of methoxy groups -OCH3 is 1. The Hall–Kier alpha value is -1.52. The van der Waals surface area contributed by atoms with E-state index in [1.54, 1.807) is 13.3 Å². The first-order valence-electron chi connectivity index (χ1n) is 5.60. The van der Waals surface area contributed by atoms with E-state index in [9.17, 15) is 0 Å². The van der Waals surface area contributed by atoms with Crippen LogP contribution in [0.1, 0.15) is 16.8 Å². The van der Waals surface area contributed by atoms with Gasteiger partial charge in [-0.3, -0.25) is 5.10 Å². The summed E-state index contributed by atoms with van der Waals surface area (Å²) < 4.78 is 10.8. The number of ether oxygens (including phenoxy) is 2. The Bertz CT molecular complexity index is 525. The van der Waals surface area contributed by atoms with Crippen LogP contribution < -0.4 is 4.74 Å². The topological polar surface area (TPSA) is 47.1 Å². The van der Waals surface area contributed by atoms with Crippen molar-refractivity contribution in [3.8, 4) is 5.75 Å². The Labute approximate surface area is 111 Å². The van der Waals surface area contributed by atoms with Crippen molar-refractivity contribution in [1.29, 1.82) is 0 Å². The van der Waals surface area contributed by atoms with Crippen LogP contribution in [0.15, 0.2) is 24.4 Å². The standard InChI is InChI=1S/C13H15ClN2O2/c1-9-6-15-16-11(9)8-18-7-10-4-3-5-12(17-2)13(10)14/h3-6H,7-8H2,1-2H3,(H,15,16). The third-order valence-corrected chi connectivity index (χ3v) is 3.13. The number of nitrogens with zero attached hydrogens (tertiary/aromatic N) is 1. The molecule has 1 aromatic heterocycles. The Balaban J connectivity index is 1.96. The van der Waals surface area contributed by atoms with E-state index in [-0.39, 0.29) is 0 Å². The Morgan fingerprint density at radius 1 is 1.33 bits per heavy atom. The average molecular weight is 267 g/mol. The van der Waals surface area contributed by atoms with Crippen molar-refractivity contribution < 1.29 is 9.47 Å². The van der Waals surface area contributed by atoms with Gasteiger partial charge >= 0.3 is 0 Å². The lowest BCUT2D eigenvalue weighted by Gasteiger charge is -2.09. The van der Waals surface area contributed by atoms with Crippen molar-refractivity contribution in [2.75, 3.05) is 7.11 Å². The van der Waals surface area contributed by atoms with E-state index in [4.69, 9.17) is 21.1 Å². The monoisotopic (exact) mass is 266 g/mol. The van der Waals surface area contributed by atoms with Gasteiger partial charge < -0.3 is 9.47 Å². The predicted molar refractivity (Wildman–Crippen MR) is 69.8 cm³/mol. The van der Waals surface area contributed by atoms with E-state index in [0.29, 0.717) is 24.0 Å². The van der Waals surface area contributed by atoms with E-state index in [0.717, 1.165) is 16.8 Å². The quantitative estimate of drug-likeness (QED) is 0.905. The summed E-state index contributed by atoms with van der Waals surface area (Å²) in [4.78, 5) is 0. The van der Waals surface area contributed by atoms with E-state index in [1.165, 1.54) is 0 Å². The van der Waals surface area contributed by atoms with Crippen molar-refractivity contribution in [2.45, 2.75) is 20.1 Å². The maximum Gasteiger partial charge on any atom is 0.137 e. The highest BCUT2D eigenvalue weighted by Crippen LogP contribution is 2.28. The highest BCUT2D eigenvalue weighted by Gasteiger charge is 2.07. The molecule has 0 aliphatic rings. The molecule has 0 fully saturated rings. The van der Waals surface area contributed by atoms with Crippen LogP contribution in [0.4, 0.5) is 0 Å². The Kier molecular flexibility index (Phi) is 4.23. The Morgan fingerprint density at radius 3 is 2.83 bits per heavy atom. The van der Waals surface area contributed by atoms with Gasteiger partial charge in [0.2, 0.25) is 0 Å². The molecule has 0 bridgehead atoms. The highest BCUT2D eigenvalue weighted by atomic mass is 35.5.